The van der Waals surface area contributed by atoms with Gasteiger partial charge in [0, 0.05) is 26.9 Å². The van der Waals surface area contributed by atoms with Crippen molar-refractivity contribution in [2.75, 3.05) is 10.6 Å². The maximum atomic E-state index is 13.5. The molecule has 12 heteroatoms. The van der Waals surface area contributed by atoms with E-state index < -0.39 is 5.91 Å². The van der Waals surface area contributed by atoms with Crippen molar-refractivity contribution in [3.05, 3.63) is 86.4 Å². The predicted molar refractivity (Wildman–Crippen MR) is 149 cm³/mol. The Balaban J connectivity index is 1.50. The van der Waals surface area contributed by atoms with Crippen molar-refractivity contribution in [1.82, 2.24) is 25.2 Å². The van der Waals surface area contributed by atoms with Gasteiger partial charge in [-0.25, -0.2) is 0 Å². The first-order valence-corrected chi connectivity index (χ1v) is 12.8. The number of rotatable bonds is 6. The molecule has 2 heterocycles. The van der Waals surface area contributed by atoms with E-state index in [9.17, 15) is 14.9 Å². The van der Waals surface area contributed by atoms with Crippen molar-refractivity contribution in [2.45, 2.75) is 6.42 Å². The molecule has 0 fully saturated rings. The zero-order valence-electron chi connectivity index (χ0n) is 19.8. The number of aromatic nitrogens is 5. The Kier molecular flexibility index (Phi) is 7.04. The number of nitrogens with zero attached hydrogens (tertiary/aromatic N) is 5. The van der Waals surface area contributed by atoms with Crippen LogP contribution in [0.1, 0.15) is 21.6 Å². The first kappa shape index (κ1) is 25.3. The molecule has 5 rings (SSSR count). The third kappa shape index (κ3) is 4.93. The van der Waals surface area contributed by atoms with E-state index in [1.54, 1.807) is 35.9 Å². The molecule has 0 bridgehead atoms. The highest BCUT2D eigenvalue weighted by Gasteiger charge is 2.22. The van der Waals surface area contributed by atoms with Gasteiger partial charge in [0.05, 0.1) is 34.9 Å². The Bertz CT molecular complexity index is 1720. The van der Waals surface area contributed by atoms with E-state index in [-0.39, 0.29) is 18.2 Å². The lowest BCUT2D eigenvalue weighted by molar-refractivity contribution is -0.115. The molecular formula is C26H18Br2N8O2. The number of tetrazole rings is 1. The highest BCUT2D eigenvalue weighted by atomic mass is 79.9. The molecule has 0 saturated carbocycles. The van der Waals surface area contributed by atoms with Crippen LogP contribution < -0.4 is 10.6 Å². The summed E-state index contributed by atoms with van der Waals surface area (Å²) in [6.07, 6.45) is 0.208. The molecule has 5 aromatic rings. The summed E-state index contributed by atoms with van der Waals surface area (Å²) in [5.74, 6) is -0.345. The second-order valence-electron chi connectivity index (χ2n) is 8.34. The zero-order chi connectivity index (χ0) is 26.8. The van der Waals surface area contributed by atoms with Crippen molar-refractivity contribution in [3.8, 4) is 17.5 Å². The standard InChI is InChI=1S/C26H18Br2N8O2/c1-36-21(26(38)30-20-8-7-15(13-29)9-17(20)25-32-34-35-33-25)11-16-18(27)12-19(28)23(24(16)36)31-22(37)10-14-5-3-2-4-6-14/h2-9,11-12H,10H2,1H3,(H,30,38)(H,31,37)(H,32,33,34,35). The molecule has 0 aliphatic rings. The first-order chi connectivity index (χ1) is 18.4. The number of nitrogens with one attached hydrogen (secondary N) is 3. The normalized spacial score (nSPS) is 10.8. The van der Waals surface area contributed by atoms with E-state index in [1.165, 1.54) is 0 Å². The van der Waals surface area contributed by atoms with E-state index in [4.69, 9.17) is 0 Å². The number of hydrogen-bond donors (Lipinski definition) is 3. The zero-order valence-corrected chi connectivity index (χ0v) is 23.0. The minimum absolute atomic E-state index is 0.185. The number of benzene rings is 3. The summed E-state index contributed by atoms with van der Waals surface area (Å²) >= 11 is 7.13. The van der Waals surface area contributed by atoms with E-state index in [2.05, 4.69) is 69.2 Å². The molecule has 2 aromatic heterocycles. The monoisotopic (exact) mass is 632 g/mol. The number of aromatic amines is 1. The fourth-order valence-electron chi connectivity index (χ4n) is 4.13. The summed E-state index contributed by atoms with van der Waals surface area (Å²) in [5.41, 5.74) is 3.70. The molecule has 10 nitrogen and oxygen atoms in total. The van der Waals surface area contributed by atoms with Gasteiger partial charge in [-0.3, -0.25) is 9.59 Å². The Hall–Kier alpha value is -4.34. The molecule has 0 radical (unpaired) electrons. The lowest BCUT2D eigenvalue weighted by atomic mass is 10.1. The van der Waals surface area contributed by atoms with Crippen LogP contribution in [0.4, 0.5) is 11.4 Å². The second-order valence-corrected chi connectivity index (χ2v) is 10.0. The molecule has 0 saturated heterocycles. The average Bonchev–Trinajstić information content (AvgIpc) is 3.56. The van der Waals surface area contributed by atoms with Gasteiger partial charge in [-0.1, -0.05) is 46.3 Å². The molecule has 188 valence electrons. The largest absolute Gasteiger partial charge is 0.338 e. The Labute approximate surface area is 233 Å². The lowest BCUT2D eigenvalue weighted by Crippen LogP contribution is -2.18. The van der Waals surface area contributed by atoms with Crippen LogP contribution in [0.5, 0.6) is 0 Å². The van der Waals surface area contributed by atoms with Crippen LogP contribution in [-0.2, 0) is 18.3 Å². The Morgan fingerprint density at radius 3 is 2.55 bits per heavy atom. The van der Waals surface area contributed by atoms with Crippen LogP contribution in [0.15, 0.2) is 69.6 Å². The van der Waals surface area contributed by atoms with Gasteiger partial charge in [0.25, 0.3) is 5.91 Å². The quantitative estimate of drug-likeness (QED) is 0.235. The highest BCUT2D eigenvalue weighted by molar-refractivity contribution is 9.11. The predicted octanol–water partition coefficient (Wildman–Crippen LogP) is 5.19. The first-order valence-electron chi connectivity index (χ1n) is 11.3. The van der Waals surface area contributed by atoms with E-state index in [0.717, 1.165) is 15.4 Å². The summed E-state index contributed by atoms with van der Waals surface area (Å²) in [6.45, 7) is 0. The van der Waals surface area contributed by atoms with E-state index >= 15 is 0 Å². The van der Waals surface area contributed by atoms with Crippen molar-refractivity contribution in [3.63, 3.8) is 0 Å². The van der Waals surface area contributed by atoms with Gasteiger partial charge < -0.3 is 15.2 Å². The number of anilines is 2. The number of aryl methyl sites for hydroxylation is 1. The molecule has 0 unspecified atom stereocenters. The molecule has 0 aliphatic carbocycles. The molecular weight excluding hydrogens is 616 g/mol. The summed E-state index contributed by atoms with van der Waals surface area (Å²) in [7, 11) is 1.75. The molecule has 2 amide bonds. The molecule has 3 N–H and O–H groups in total. The number of amides is 2. The number of carbonyl (C=O) groups is 2. The van der Waals surface area contributed by atoms with E-state index in [1.807, 2.05) is 36.4 Å². The van der Waals surface area contributed by atoms with Gasteiger partial charge >= 0.3 is 0 Å². The lowest BCUT2D eigenvalue weighted by Gasteiger charge is -2.13. The Morgan fingerprint density at radius 2 is 1.84 bits per heavy atom. The molecule has 0 aliphatic heterocycles. The van der Waals surface area contributed by atoms with Gasteiger partial charge in [-0.2, -0.15) is 10.5 Å². The topological polar surface area (TPSA) is 141 Å². The summed E-state index contributed by atoms with van der Waals surface area (Å²) in [4.78, 5) is 26.4. The summed E-state index contributed by atoms with van der Waals surface area (Å²) in [6, 6.07) is 19.9. The van der Waals surface area contributed by atoms with Crippen LogP contribution in [0.3, 0.4) is 0 Å². The number of nitriles is 1. The average molecular weight is 634 g/mol. The Morgan fingerprint density at radius 1 is 1.05 bits per heavy atom. The third-order valence-corrected chi connectivity index (χ3v) is 7.19. The van der Waals surface area contributed by atoms with Crippen molar-refractivity contribution < 1.29 is 9.59 Å². The minimum atomic E-state index is -0.400. The fraction of sp³-hybridized carbons (Fsp3) is 0.0769. The van der Waals surface area contributed by atoms with Crippen LogP contribution in [-0.4, -0.2) is 37.0 Å². The summed E-state index contributed by atoms with van der Waals surface area (Å²) in [5, 5.41) is 29.8. The minimum Gasteiger partial charge on any atom is -0.338 e. The molecule has 0 atom stereocenters. The van der Waals surface area contributed by atoms with Crippen LogP contribution in [0.2, 0.25) is 0 Å². The maximum Gasteiger partial charge on any atom is 0.272 e. The third-order valence-electron chi connectivity index (χ3n) is 5.91. The molecule has 0 spiro atoms. The van der Waals surface area contributed by atoms with Gasteiger partial charge in [-0.05, 0) is 57.0 Å². The smallest absolute Gasteiger partial charge is 0.272 e. The number of carbonyl (C=O) groups excluding carboxylic acids is 2. The van der Waals surface area contributed by atoms with Gasteiger partial charge in [0.1, 0.15) is 5.69 Å². The summed E-state index contributed by atoms with van der Waals surface area (Å²) < 4.78 is 3.13. The van der Waals surface area contributed by atoms with Crippen LogP contribution in [0.25, 0.3) is 22.3 Å². The molecule has 38 heavy (non-hydrogen) atoms. The van der Waals surface area contributed by atoms with E-state index in [0.29, 0.717) is 38.2 Å². The number of fused-ring (bicyclic) bond motifs is 1. The van der Waals surface area contributed by atoms with Crippen molar-refractivity contribution in [2.24, 2.45) is 7.05 Å². The maximum absolute atomic E-state index is 13.5. The van der Waals surface area contributed by atoms with Crippen LogP contribution in [0, 0.1) is 11.3 Å². The van der Waals surface area contributed by atoms with Gasteiger partial charge in [0.15, 0.2) is 0 Å². The van der Waals surface area contributed by atoms with Crippen LogP contribution >= 0.6 is 31.9 Å². The van der Waals surface area contributed by atoms with Gasteiger partial charge in [-0.15, -0.1) is 10.2 Å². The number of hydrogen-bond acceptors (Lipinski definition) is 6. The second kappa shape index (κ2) is 10.6. The van der Waals surface area contributed by atoms with Crippen molar-refractivity contribution >= 4 is 66.0 Å². The number of halogens is 2. The van der Waals surface area contributed by atoms with Crippen molar-refractivity contribution in [1.29, 1.82) is 5.26 Å². The highest BCUT2D eigenvalue weighted by Crippen LogP contribution is 2.39. The SMILES string of the molecule is Cn1c(C(=O)Nc2ccc(C#N)cc2-c2nn[nH]n2)cc2c(Br)cc(Br)c(NC(=O)Cc3ccccc3)c21. The van der Waals surface area contributed by atoms with Gasteiger partial charge in [0.2, 0.25) is 11.7 Å². The fourth-order valence-corrected chi connectivity index (χ4v) is 5.49. The molecule has 3 aromatic carbocycles. The number of H-pyrrole nitrogens is 1.